The molecule has 0 fully saturated rings. The molecule has 3 aromatic rings. The molecule has 3 aromatic carbocycles. The molecule has 0 aromatic heterocycles. The van der Waals surface area contributed by atoms with Crippen LogP contribution in [0, 0.1) is 0 Å². The van der Waals surface area contributed by atoms with Gasteiger partial charge in [-0.3, -0.25) is 0 Å². The Kier molecular flexibility index (Phi) is 17.3. The third kappa shape index (κ3) is 8.12. The Morgan fingerprint density at radius 1 is 0.423 bits per heavy atom. The predicted molar refractivity (Wildman–Crippen MR) is 107 cm³/mol. The molecule has 1 radical (unpaired) electrons. The van der Waals surface area contributed by atoms with Crippen molar-refractivity contribution in [2.45, 2.75) is 0 Å². The zero-order valence-electron chi connectivity index (χ0n) is 14.3. The number of carbonyl (C=O) groups is 3. The molecule has 5 heteroatoms. The third-order valence-corrected chi connectivity index (χ3v) is 5.49. The van der Waals surface area contributed by atoms with Crippen molar-refractivity contribution in [3.63, 3.8) is 0 Å². The Balaban J connectivity index is 0. The number of hydrogen-bond donors (Lipinski definition) is 0. The number of hydrogen-bond acceptors (Lipinski definition) is 3. The Hall–Kier alpha value is -2.39. The first kappa shape index (κ1) is 25.8. The second kappa shape index (κ2) is 17.4. The third-order valence-electron chi connectivity index (χ3n) is 3.04. The predicted octanol–water partition coefficient (Wildman–Crippen LogP) is 2.89. The van der Waals surface area contributed by atoms with Gasteiger partial charge < -0.3 is 14.4 Å². The maximum atomic E-state index is 8.00. The van der Waals surface area contributed by atoms with E-state index < -0.39 is 7.92 Å². The molecule has 0 spiro atoms. The fourth-order valence-corrected chi connectivity index (χ4v) is 4.48. The monoisotopic (exact) mass is 411 g/mol. The van der Waals surface area contributed by atoms with Crippen molar-refractivity contribution < 1.29 is 31.2 Å². The Morgan fingerprint density at radius 2 is 0.615 bits per heavy atom. The molecule has 3 nitrogen and oxygen atoms in total. The van der Waals surface area contributed by atoms with Gasteiger partial charge >= 0.3 is 0 Å². The van der Waals surface area contributed by atoms with Gasteiger partial charge in [-0.2, -0.15) is 0 Å². The molecule has 0 saturated heterocycles. The molecule has 0 aliphatic rings. The average Bonchev–Trinajstić information content (AvgIpc) is 2.75. The summed E-state index contributed by atoms with van der Waals surface area (Å²) in [5, 5.41) is 4.19. The molecule has 0 N–H and O–H groups in total. The molecule has 0 heterocycles. The van der Waals surface area contributed by atoms with Crippen LogP contribution in [0.3, 0.4) is 0 Å². The summed E-state index contributed by atoms with van der Waals surface area (Å²) in [4.78, 5) is 24.0. The molecule has 0 atom stereocenters. The van der Waals surface area contributed by atoms with Crippen LogP contribution in [0.5, 0.6) is 0 Å². The molecule has 26 heavy (non-hydrogen) atoms. The fraction of sp³-hybridized carbons (Fsp3) is 0. The SMILES string of the molecule is C=O.C=O.C=O.[Co].c1ccc(P(c2ccccc2)c2ccccc2)cc1. The van der Waals surface area contributed by atoms with Gasteiger partial charge in [-0.05, 0) is 23.8 Å². The topological polar surface area (TPSA) is 51.2 Å². The summed E-state index contributed by atoms with van der Waals surface area (Å²) in [6.45, 7) is 6.00. The fourth-order valence-electron chi connectivity index (χ4n) is 2.18. The molecule has 0 aliphatic carbocycles. The maximum absolute atomic E-state index is 8.00. The van der Waals surface area contributed by atoms with Gasteiger partial charge in [-0.15, -0.1) is 0 Å². The first-order chi connectivity index (χ1) is 12.4. The van der Waals surface area contributed by atoms with E-state index in [0.717, 1.165) is 0 Å². The second-order valence-electron chi connectivity index (χ2n) is 4.34. The summed E-state index contributed by atoms with van der Waals surface area (Å²) in [6, 6.07) is 32.3. The van der Waals surface area contributed by atoms with E-state index in [4.69, 9.17) is 14.4 Å². The van der Waals surface area contributed by atoms with Crippen LogP contribution in [0.15, 0.2) is 91.0 Å². The summed E-state index contributed by atoms with van der Waals surface area (Å²) < 4.78 is 0. The van der Waals surface area contributed by atoms with E-state index in [-0.39, 0.29) is 16.8 Å². The van der Waals surface area contributed by atoms with E-state index in [2.05, 4.69) is 91.0 Å². The molecule has 3 rings (SSSR count). The van der Waals surface area contributed by atoms with E-state index in [0.29, 0.717) is 0 Å². The van der Waals surface area contributed by atoms with Crippen molar-refractivity contribution in [1.82, 2.24) is 0 Å². The molecule has 0 amide bonds. The molecule has 0 bridgehead atoms. The van der Waals surface area contributed by atoms with Crippen molar-refractivity contribution in [3.8, 4) is 0 Å². The minimum Gasteiger partial charge on any atom is -0.307 e. The van der Waals surface area contributed by atoms with Crippen LogP contribution in [-0.4, -0.2) is 20.4 Å². The summed E-state index contributed by atoms with van der Waals surface area (Å²) in [7, 11) is -0.446. The van der Waals surface area contributed by atoms with Gasteiger partial charge in [0.05, 0.1) is 0 Å². The number of benzene rings is 3. The smallest absolute Gasteiger partial charge is 0.106 e. The van der Waals surface area contributed by atoms with Crippen molar-refractivity contribution in [2.24, 2.45) is 0 Å². The molecule has 0 saturated carbocycles. The molecule has 0 unspecified atom stereocenters. The van der Waals surface area contributed by atoms with Crippen LogP contribution in [0.25, 0.3) is 0 Å². The van der Waals surface area contributed by atoms with Gasteiger partial charge in [0, 0.05) is 16.8 Å². The molecular weight excluding hydrogens is 390 g/mol. The van der Waals surface area contributed by atoms with Crippen LogP contribution in [0.2, 0.25) is 0 Å². The van der Waals surface area contributed by atoms with E-state index >= 15 is 0 Å². The van der Waals surface area contributed by atoms with E-state index in [9.17, 15) is 0 Å². The minimum absolute atomic E-state index is 0. The van der Waals surface area contributed by atoms with Crippen LogP contribution < -0.4 is 15.9 Å². The first-order valence-corrected chi connectivity index (χ1v) is 8.61. The summed E-state index contributed by atoms with van der Waals surface area (Å²) in [5.74, 6) is 0. The molecule has 137 valence electrons. The minimum atomic E-state index is -0.446. The summed E-state index contributed by atoms with van der Waals surface area (Å²) in [5.41, 5.74) is 0. The molecule has 0 aliphatic heterocycles. The van der Waals surface area contributed by atoms with Crippen LogP contribution in [0.4, 0.5) is 0 Å². The number of rotatable bonds is 3. The Labute approximate surface area is 166 Å². The summed E-state index contributed by atoms with van der Waals surface area (Å²) >= 11 is 0. The second-order valence-corrected chi connectivity index (χ2v) is 6.56. The number of carbonyl (C=O) groups excluding carboxylic acids is 3. The maximum Gasteiger partial charge on any atom is 0.106 e. The van der Waals surface area contributed by atoms with Crippen LogP contribution in [-0.2, 0) is 31.2 Å². The summed E-state index contributed by atoms with van der Waals surface area (Å²) in [6.07, 6.45) is 0. The van der Waals surface area contributed by atoms with Crippen molar-refractivity contribution in [2.75, 3.05) is 0 Å². The standard InChI is InChI=1S/C18H15P.3CH2O.Co/c1-4-10-16(11-5-1)19(17-12-6-2-7-13-17)18-14-8-3-9-15-18;3*1-2;/h1-15H;3*1H2;. The largest absolute Gasteiger partial charge is 0.307 e. The zero-order valence-corrected chi connectivity index (χ0v) is 16.2. The average molecular weight is 411 g/mol. The van der Waals surface area contributed by atoms with Gasteiger partial charge in [0.25, 0.3) is 0 Å². The van der Waals surface area contributed by atoms with Gasteiger partial charge in [0.2, 0.25) is 0 Å². The van der Waals surface area contributed by atoms with Crippen molar-refractivity contribution >= 4 is 44.2 Å². The Morgan fingerprint density at radius 3 is 0.808 bits per heavy atom. The van der Waals surface area contributed by atoms with Gasteiger partial charge in [-0.25, -0.2) is 0 Å². The van der Waals surface area contributed by atoms with Crippen LogP contribution >= 0.6 is 7.92 Å². The zero-order chi connectivity index (χ0) is 18.9. The van der Waals surface area contributed by atoms with E-state index in [1.165, 1.54) is 15.9 Å². The molecular formula is C21H21CoO3P. The van der Waals surface area contributed by atoms with Gasteiger partial charge in [0.15, 0.2) is 0 Å². The van der Waals surface area contributed by atoms with E-state index in [1.54, 1.807) is 0 Å². The normalized spacial score (nSPS) is 8.19. The van der Waals surface area contributed by atoms with Crippen molar-refractivity contribution in [1.29, 1.82) is 0 Å². The van der Waals surface area contributed by atoms with Gasteiger partial charge in [-0.1, -0.05) is 91.0 Å². The first-order valence-electron chi connectivity index (χ1n) is 7.27. The van der Waals surface area contributed by atoms with Crippen LogP contribution in [0.1, 0.15) is 0 Å². The Bertz CT molecular complexity index is 583. The quantitative estimate of drug-likeness (QED) is 0.623. The van der Waals surface area contributed by atoms with Gasteiger partial charge in [0.1, 0.15) is 20.4 Å². The van der Waals surface area contributed by atoms with E-state index in [1.807, 2.05) is 20.4 Å². The van der Waals surface area contributed by atoms with Crippen molar-refractivity contribution in [3.05, 3.63) is 91.0 Å².